The van der Waals surface area contributed by atoms with E-state index in [4.69, 9.17) is 9.47 Å². The van der Waals surface area contributed by atoms with Crippen molar-refractivity contribution in [3.8, 4) is 11.1 Å². The Morgan fingerprint density at radius 1 is 0.950 bits per heavy atom. The fourth-order valence-electron chi connectivity index (χ4n) is 1.99. The quantitative estimate of drug-likeness (QED) is 0.814. The fourth-order valence-corrected chi connectivity index (χ4v) is 3.16. The van der Waals surface area contributed by atoms with Crippen LogP contribution < -0.4 is 0 Å². The molecule has 5 heteroatoms. The summed E-state index contributed by atoms with van der Waals surface area (Å²) in [7, 11) is 2.64. The number of benzene rings is 1. The topological polar surface area (TPSA) is 52.6 Å². The lowest BCUT2D eigenvalue weighted by Gasteiger charge is -2.04. The van der Waals surface area contributed by atoms with E-state index in [1.54, 1.807) is 6.92 Å². The van der Waals surface area contributed by atoms with Gasteiger partial charge in [0.2, 0.25) is 0 Å². The van der Waals surface area contributed by atoms with Crippen LogP contribution in [0.3, 0.4) is 0 Å². The highest BCUT2D eigenvalue weighted by Crippen LogP contribution is 2.37. The van der Waals surface area contributed by atoms with E-state index in [-0.39, 0.29) is 0 Å². The number of methoxy groups -OCH3 is 2. The van der Waals surface area contributed by atoms with Crippen molar-refractivity contribution in [1.29, 1.82) is 0 Å². The Morgan fingerprint density at radius 3 is 2.05 bits per heavy atom. The van der Waals surface area contributed by atoms with Gasteiger partial charge in [-0.2, -0.15) is 0 Å². The molecule has 0 spiro atoms. The third-order valence-corrected chi connectivity index (χ3v) is 4.20. The molecule has 1 aromatic heterocycles. The first-order valence-electron chi connectivity index (χ1n) is 5.95. The first-order chi connectivity index (χ1) is 9.60. The van der Waals surface area contributed by atoms with Gasteiger partial charge in [-0.25, -0.2) is 9.59 Å². The van der Waals surface area contributed by atoms with E-state index in [1.165, 1.54) is 14.2 Å². The molecule has 0 fully saturated rings. The predicted molar refractivity (Wildman–Crippen MR) is 77.2 cm³/mol. The van der Waals surface area contributed by atoms with Crippen LogP contribution in [0.1, 0.15) is 24.9 Å². The molecule has 104 valence electrons. The largest absolute Gasteiger partial charge is 0.465 e. The van der Waals surface area contributed by atoms with E-state index in [0.717, 1.165) is 28.0 Å². The Balaban J connectivity index is 2.67. The second-order valence-corrected chi connectivity index (χ2v) is 5.13. The maximum atomic E-state index is 11.9. The summed E-state index contributed by atoms with van der Waals surface area (Å²) in [6.07, 6.45) is 0. The summed E-state index contributed by atoms with van der Waals surface area (Å²) in [5.74, 6) is -0.896. The van der Waals surface area contributed by atoms with Gasteiger partial charge in [0.1, 0.15) is 9.75 Å². The molecule has 0 atom stereocenters. The zero-order chi connectivity index (χ0) is 14.7. The third kappa shape index (κ3) is 2.44. The molecule has 4 nitrogen and oxygen atoms in total. The normalized spacial score (nSPS) is 10.2. The van der Waals surface area contributed by atoms with Crippen LogP contribution >= 0.6 is 11.3 Å². The van der Waals surface area contributed by atoms with Crippen LogP contribution in [-0.4, -0.2) is 26.2 Å². The van der Waals surface area contributed by atoms with Crippen molar-refractivity contribution in [1.82, 2.24) is 0 Å². The summed E-state index contributed by atoms with van der Waals surface area (Å²) in [5.41, 5.74) is 2.33. The number of hydrogen-bond donors (Lipinski definition) is 0. The zero-order valence-electron chi connectivity index (χ0n) is 11.4. The van der Waals surface area contributed by atoms with Crippen molar-refractivity contribution in [2.75, 3.05) is 14.2 Å². The molecular formula is C15H14O4S. The zero-order valence-corrected chi connectivity index (χ0v) is 12.2. The van der Waals surface area contributed by atoms with E-state index < -0.39 is 11.9 Å². The van der Waals surface area contributed by atoms with Gasteiger partial charge in [0, 0.05) is 5.56 Å². The van der Waals surface area contributed by atoms with Crippen molar-refractivity contribution >= 4 is 23.3 Å². The van der Waals surface area contributed by atoms with Crippen LogP contribution in [-0.2, 0) is 9.47 Å². The molecule has 0 aliphatic rings. The summed E-state index contributed by atoms with van der Waals surface area (Å²) >= 11 is 1.10. The molecule has 2 rings (SSSR count). The van der Waals surface area contributed by atoms with Crippen molar-refractivity contribution < 1.29 is 19.1 Å². The maximum absolute atomic E-state index is 11.9. The molecule has 0 aliphatic heterocycles. The monoisotopic (exact) mass is 290 g/mol. The second kappa shape index (κ2) is 5.88. The molecular weight excluding hydrogens is 276 g/mol. The van der Waals surface area contributed by atoms with Crippen molar-refractivity contribution in [3.05, 3.63) is 45.6 Å². The average Bonchev–Trinajstić information content (AvgIpc) is 2.84. The maximum Gasteiger partial charge on any atom is 0.348 e. The Hall–Kier alpha value is -2.14. The first-order valence-corrected chi connectivity index (χ1v) is 6.77. The van der Waals surface area contributed by atoms with Crippen LogP contribution in [0, 0.1) is 6.92 Å². The number of carbonyl (C=O) groups is 2. The van der Waals surface area contributed by atoms with Crippen LogP contribution in [0.5, 0.6) is 0 Å². The molecule has 0 radical (unpaired) electrons. The molecule has 1 heterocycles. The fraction of sp³-hybridized carbons (Fsp3) is 0.200. The molecule has 2 aromatic rings. The van der Waals surface area contributed by atoms with Gasteiger partial charge in [-0.1, -0.05) is 30.3 Å². The SMILES string of the molecule is COC(=O)c1sc(C(=O)OC)c(-c2ccccc2)c1C. The van der Waals surface area contributed by atoms with Gasteiger partial charge in [-0.05, 0) is 18.1 Å². The van der Waals surface area contributed by atoms with Gasteiger partial charge < -0.3 is 9.47 Å². The highest BCUT2D eigenvalue weighted by atomic mass is 32.1. The Kier molecular flexibility index (Phi) is 4.20. The summed E-state index contributed by atoms with van der Waals surface area (Å²) in [6.45, 7) is 1.80. The van der Waals surface area contributed by atoms with Crippen molar-refractivity contribution in [3.63, 3.8) is 0 Å². The molecule has 0 saturated carbocycles. The highest BCUT2D eigenvalue weighted by Gasteiger charge is 2.25. The lowest BCUT2D eigenvalue weighted by atomic mass is 10.0. The van der Waals surface area contributed by atoms with Crippen molar-refractivity contribution in [2.45, 2.75) is 6.92 Å². The number of esters is 2. The van der Waals surface area contributed by atoms with Gasteiger partial charge in [-0.3, -0.25) is 0 Å². The van der Waals surface area contributed by atoms with Crippen LogP contribution in [0.4, 0.5) is 0 Å². The van der Waals surface area contributed by atoms with Crippen molar-refractivity contribution in [2.24, 2.45) is 0 Å². The predicted octanol–water partition coefficient (Wildman–Crippen LogP) is 3.30. The average molecular weight is 290 g/mol. The summed E-state index contributed by atoms with van der Waals surface area (Å²) in [6, 6.07) is 9.44. The van der Waals surface area contributed by atoms with Crippen LogP contribution in [0.2, 0.25) is 0 Å². The van der Waals surface area contributed by atoms with Crippen LogP contribution in [0.25, 0.3) is 11.1 Å². The highest BCUT2D eigenvalue weighted by molar-refractivity contribution is 7.16. The van der Waals surface area contributed by atoms with E-state index in [2.05, 4.69) is 0 Å². The minimum atomic E-state index is -0.452. The van der Waals surface area contributed by atoms with Crippen LogP contribution in [0.15, 0.2) is 30.3 Å². The summed E-state index contributed by atoms with van der Waals surface area (Å²) in [4.78, 5) is 24.5. The minimum absolute atomic E-state index is 0.414. The molecule has 20 heavy (non-hydrogen) atoms. The number of thiophene rings is 1. The minimum Gasteiger partial charge on any atom is -0.465 e. The van der Waals surface area contributed by atoms with E-state index >= 15 is 0 Å². The van der Waals surface area contributed by atoms with Gasteiger partial charge in [-0.15, -0.1) is 11.3 Å². The molecule has 1 aromatic carbocycles. The second-order valence-electron chi connectivity index (χ2n) is 4.11. The number of hydrogen-bond acceptors (Lipinski definition) is 5. The molecule has 0 unspecified atom stereocenters. The standard InChI is InChI=1S/C15H14O4S/c1-9-11(10-7-5-4-6-8-10)13(15(17)19-3)20-12(9)14(16)18-2/h4-8H,1-3H3. The van der Waals surface area contributed by atoms with E-state index in [1.807, 2.05) is 30.3 Å². The third-order valence-electron chi connectivity index (χ3n) is 2.95. The molecule has 0 bridgehead atoms. The molecule has 0 amide bonds. The molecule has 0 aliphatic carbocycles. The van der Waals surface area contributed by atoms with Gasteiger partial charge in [0.05, 0.1) is 14.2 Å². The van der Waals surface area contributed by atoms with E-state index in [9.17, 15) is 9.59 Å². The van der Waals surface area contributed by atoms with E-state index in [0.29, 0.717) is 9.75 Å². The Morgan fingerprint density at radius 2 is 1.50 bits per heavy atom. The summed E-state index contributed by atoms with van der Waals surface area (Å²) in [5, 5.41) is 0. The number of rotatable bonds is 3. The smallest absolute Gasteiger partial charge is 0.348 e. The number of carbonyl (C=O) groups excluding carboxylic acids is 2. The van der Waals surface area contributed by atoms with Gasteiger partial charge >= 0.3 is 11.9 Å². The van der Waals surface area contributed by atoms with Gasteiger partial charge in [0.15, 0.2) is 0 Å². The molecule has 0 N–H and O–H groups in total. The summed E-state index contributed by atoms with van der Waals surface area (Å²) < 4.78 is 9.55. The lowest BCUT2D eigenvalue weighted by molar-refractivity contribution is 0.0599. The Bertz CT molecular complexity index is 643. The Labute approximate surface area is 121 Å². The molecule has 0 saturated heterocycles. The number of ether oxygens (including phenoxy) is 2. The first kappa shape index (κ1) is 14.3. The van der Waals surface area contributed by atoms with Gasteiger partial charge in [0.25, 0.3) is 0 Å². The lowest BCUT2D eigenvalue weighted by Crippen LogP contribution is -2.00.